The lowest BCUT2D eigenvalue weighted by Gasteiger charge is -2.16. The quantitative estimate of drug-likeness (QED) is 0.613. The summed E-state index contributed by atoms with van der Waals surface area (Å²) in [5.74, 6) is 7.16. The highest BCUT2D eigenvalue weighted by molar-refractivity contribution is 4.96. The highest BCUT2D eigenvalue weighted by atomic mass is 14.9. The average molecular weight is 193 g/mol. The summed E-state index contributed by atoms with van der Waals surface area (Å²) in [6, 6.07) is 0.725. The van der Waals surface area contributed by atoms with Gasteiger partial charge < -0.3 is 5.32 Å². The Morgan fingerprint density at radius 2 is 2.21 bits per heavy atom. The molecule has 1 aliphatic rings. The van der Waals surface area contributed by atoms with Crippen LogP contribution in [0.3, 0.4) is 0 Å². The monoisotopic (exact) mass is 193 g/mol. The molecule has 0 aliphatic heterocycles. The maximum Gasteiger partial charge on any atom is 0.0103 e. The third-order valence-electron chi connectivity index (χ3n) is 2.79. The molecule has 1 N–H and O–H groups in total. The van der Waals surface area contributed by atoms with Crippen molar-refractivity contribution in [2.45, 2.75) is 58.4 Å². The fraction of sp³-hybridized carbons (Fsp3) is 0.846. The number of hydrogen-bond acceptors (Lipinski definition) is 1. The van der Waals surface area contributed by atoms with Gasteiger partial charge in [0.1, 0.15) is 0 Å². The van der Waals surface area contributed by atoms with Crippen molar-refractivity contribution in [1.29, 1.82) is 0 Å². The van der Waals surface area contributed by atoms with E-state index in [1.54, 1.807) is 0 Å². The van der Waals surface area contributed by atoms with Gasteiger partial charge in [-0.05, 0) is 38.6 Å². The SMILES string of the molecule is CC#CCCC(CC1CC1)NCCC. The molecule has 1 aliphatic carbocycles. The Bertz CT molecular complexity index is 195. The van der Waals surface area contributed by atoms with Crippen molar-refractivity contribution in [1.82, 2.24) is 5.32 Å². The Morgan fingerprint density at radius 1 is 1.43 bits per heavy atom. The fourth-order valence-corrected chi connectivity index (χ4v) is 1.78. The van der Waals surface area contributed by atoms with E-state index < -0.39 is 0 Å². The van der Waals surface area contributed by atoms with Gasteiger partial charge in [0.05, 0.1) is 0 Å². The zero-order chi connectivity index (χ0) is 10.2. The first kappa shape index (κ1) is 11.6. The molecule has 80 valence electrons. The van der Waals surface area contributed by atoms with Crippen LogP contribution in [0.25, 0.3) is 0 Å². The minimum absolute atomic E-state index is 0.725. The van der Waals surface area contributed by atoms with Gasteiger partial charge in [0.15, 0.2) is 0 Å². The van der Waals surface area contributed by atoms with Crippen LogP contribution >= 0.6 is 0 Å². The molecule has 1 nitrogen and oxygen atoms in total. The summed E-state index contributed by atoms with van der Waals surface area (Å²) >= 11 is 0. The van der Waals surface area contributed by atoms with Crippen LogP contribution in [0.1, 0.15) is 52.4 Å². The summed E-state index contributed by atoms with van der Waals surface area (Å²) in [7, 11) is 0. The van der Waals surface area contributed by atoms with E-state index in [-0.39, 0.29) is 0 Å². The second kappa shape index (κ2) is 6.90. The molecular formula is C13H23N. The van der Waals surface area contributed by atoms with Crippen LogP contribution < -0.4 is 5.32 Å². The summed E-state index contributed by atoms with van der Waals surface area (Å²) < 4.78 is 0. The summed E-state index contributed by atoms with van der Waals surface area (Å²) in [6.45, 7) is 5.32. The molecule has 1 rings (SSSR count). The first-order chi connectivity index (χ1) is 6.86. The van der Waals surface area contributed by atoms with E-state index in [1.165, 1.54) is 32.1 Å². The minimum Gasteiger partial charge on any atom is -0.314 e. The van der Waals surface area contributed by atoms with E-state index >= 15 is 0 Å². The topological polar surface area (TPSA) is 12.0 Å². The Kier molecular flexibility index (Phi) is 5.71. The lowest BCUT2D eigenvalue weighted by atomic mass is 10.0. The summed E-state index contributed by atoms with van der Waals surface area (Å²) in [5, 5.41) is 3.63. The third kappa shape index (κ3) is 5.29. The zero-order valence-electron chi connectivity index (χ0n) is 9.60. The van der Waals surface area contributed by atoms with Gasteiger partial charge in [0.2, 0.25) is 0 Å². The first-order valence-electron chi connectivity index (χ1n) is 5.99. The highest BCUT2D eigenvalue weighted by Gasteiger charge is 2.24. The predicted molar refractivity (Wildman–Crippen MR) is 62.1 cm³/mol. The smallest absolute Gasteiger partial charge is 0.0103 e. The normalized spacial score (nSPS) is 17.3. The molecule has 0 amide bonds. The third-order valence-corrected chi connectivity index (χ3v) is 2.79. The van der Waals surface area contributed by atoms with E-state index in [4.69, 9.17) is 0 Å². The summed E-state index contributed by atoms with van der Waals surface area (Å²) in [4.78, 5) is 0. The van der Waals surface area contributed by atoms with Crippen molar-refractivity contribution in [3.05, 3.63) is 0 Å². The molecule has 0 aromatic rings. The van der Waals surface area contributed by atoms with Gasteiger partial charge in [-0.3, -0.25) is 0 Å². The average Bonchev–Trinajstić information content (AvgIpc) is 2.98. The molecule has 0 bridgehead atoms. The van der Waals surface area contributed by atoms with Crippen LogP contribution in [-0.2, 0) is 0 Å². The maximum absolute atomic E-state index is 3.63. The minimum atomic E-state index is 0.725. The van der Waals surface area contributed by atoms with Crippen molar-refractivity contribution in [3.63, 3.8) is 0 Å². The largest absolute Gasteiger partial charge is 0.314 e. The molecule has 1 unspecified atom stereocenters. The van der Waals surface area contributed by atoms with Crippen molar-refractivity contribution in [2.75, 3.05) is 6.54 Å². The zero-order valence-corrected chi connectivity index (χ0v) is 9.60. The number of rotatable bonds is 7. The van der Waals surface area contributed by atoms with Crippen LogP contribution in [0.5, 0.6) is 0 Å². The molecule has 1 fully saturated rings. The molecule has 1 saturated carbocycles. The van der Waals surface area contributed by atoms with Crippen LogP contribution in [0.4, 0.5) is 0 Å². The Morgan fingerprint density at radius 3 is 2.79 bits per heavy atom. The van der Waals surface area contributed by atoms with E-state index in [1.807, 2.05) is 6.92 Å². The molecule has 0 aromatic heterocycles. The Labute approximate surface area is 88.7 Å². The summed E-state index contributed by atoms with van der Waals surface area (Å²) in [5.41, 5.74) is 0. The van der Waals surface area contributed by atoms with Gasteiger partial charge in [-0.25, -0.2) is 0 Å². The van der Waals surface area contributed by atoms with Gasteiger partial charge >= 0.3 is 0 Å². The molecule has 1 atom stereocenters. The van der Waals surface area contributed by atoms with Crippen molar-refractivity contribution in [2.24, 2.45) is 5.92 Å². The van der Waals surface area contributed by atoms with Gasteiger partial charge in [0.25, 0.3) is 0 Å². The number of hydrogen-bond donors (Lipinski definition) is 1. The Hall–Kier alpha value is -0.480. The molecular weight excluding hydrogens is 170 g/mol. The first-order valence-corrected chi connectivity index (χ1v) is 5.99. The molecule has 1 heteroatoms. The fourth-order valence-electron chi connectivity index (χ4n) is 1.78. The summed E-state index contributed by atoms with van der Waals surface area (Å²) in [6.07, 6.45) is 7.83. The van der Waals surface area contributed by atoms with Crippen molar-refractivity contribution in [3.8, 4) is 11.8 Å². The predicted octanol–water partition coefficient (Wildman–Crippen LogP) is 2.96. The van der Waals surface area contributed by atoms with E-state index in [0.29, 0.717) is 0 Å². The van der Waals surface area contributed by atoms with E-state index in [0.717, 1.165) is 24.9 Å². The van der Waals surface area contributed by atoms with E-state index in [2.05, 4.69) is 24.1 Å². The van der Waals surface area contributed by atoms with Gasteiger partial charge in [-0.1, -0.05) is 19.8 Å². The molecule has 0 aromatic carbocycles. The van der Waals surface area contributed by atoms with Crippen LogP contribution in [0.15, 0.2) is 0 Å². The van der Waals surface area contributed by atoms with E-state index in [9.17, 15) is 0 Å². The standard InChI is InChI=1S/C13H23N/c1-3-5-6-7-13(14-10-4-2)11-12-8-9-12/h12-14H,4,6-11H2,1-2H3. The van der Waals surface area contributed by atoms with Crippen LogP contribution in [0.2, 0.25) is 0 Å². The van der Waals surface area contributed by atoms with Crippen molar-refractivity contribution >= 4 is 0 Å². The molecule has 14 heavy (non-hydrogen) atoms. The van der Waals surface area contributed by atoms with Crippen LogP contribution in [-0.4, -0.2) is 12.6 Å². The van der Waals surface area contributed by atoms with Gasteiger partial charge in [-0.15, -0.1) is 11.8 Å². The second-order valence-electron chi connectivity index (χ2n) is 4.30. The van der Waals surface area contributed by atoms with Crippen LogP contribution in [0, 0.1) is 17.8 Å². The lowest BCUT2D eigenvalue weighted by Crippen LogP contribution is -2.30. The molecule has 0 heterocycles. The molecule has 0 saturated heterocycles. The lowest BCUT2D eigenvalue weighted by molar-refractivity contribution is 0.437. The molecule has 0 spiro atoms. The number of nitrogens with one attached hydrogen (secondary N) is 1. The second-order valence-corrected chi connectivity index (χ2v) is 4.30. The Balaban J connectivity index is 2.14. The highest BCUT2D eigenvalue weighted by Crippen LogP contribution is 2.34. The molecule has 0 radical (unpaired) electrons. The van der Waals surface area contributed by atoms with Gasteiger partial charge in [-0.2, -0.15) is 0 Å². The van der Waals surface area contributed by atoms with Crippen molar-refractivity contribution < 1.29 is 0 Å². The maximum atomic E-state index is 3.63. The van der Waals surface area contributed by atoms with Gasteiger partial charge in [0, 0.05) is 12.5 Å².